The van der Waals surface area contributed by atoms with Gasteiger partial charge in [-0.05, 0) is 18.2 Å². The Morgan fingerprint density at radius 1 is 1.23 bits per heavy atom. The van der Waals surface area contributed by atoms with Gasteiger partial charge in [-0.25, -0.2) is 10.4 Å². The summed E-state index contributed by atoms with van der Waals surface area (Å²) in [7, 11) is 0. The molecule has 2 N–H and O–H groups in total. The standard InChI is InChI=1S/C15H11N5O2/c21-14-11-5-1-2-6-12(11)18-13(19-14)15(22)20-17-9-10-4-3-7-16-8-10/h1-9H,(H,20,22)(H,18,19,21). The van der Waals surface area contributed by atoms with Crippen LogP contribution in [0.1, 0.15) is 16.2 Å². The minimum atomic E-state index is -0.594. The molecule has 1 amide bonds. The van der Waals surface area contributed by atoms with E-state index in [4.69, 9.17) is 0 Å². The van der Waals surface area contributed by atoms with Gasteiger partial charge in [0.05, 0.1) is 17.1 Å². The van der Waals surface area contributed by atoms with E-state index in [9.17, 15) is 9.59 Å². The van der Waals surface area contributed by atoms with E-state index >= 15 is 0 Å². The lowest BCUT2D eigenvalue weighted by Gasteiger charge is -2.01. The molecule has 3 aromatic rings. The van der Waals surface area contributed by atoms with Crippen molar-refractivity contribution >= 4 is 23.0 Å². The molecule has 0 fully saturated rings. The molecule has 3 rings (SSSR count). The summed E-state index contributed by atoms with van der Waals surface area (Å²) in [5.74, 6) is -0.685. The number of benzene rings is 1. The largest absolute Gasteiger partial charge is 0.307 e. The monoisotopic (exact) mass is 293 g/mol. The van der Waals surface area contributed by atoms with E-state index in [1.807, 2.05) is 0 Å². The number of H-pyrrole nitrogens is 1. The predicted octanol–water partition coefficient (Wildman–Crippen LogP) is 1.08. The number of carbonyl (C=O) groups excluding carboxylic acids is 1. The molecule has 0 saturated carbocycles. The van der Waals surface area contributed by atoms with Crippen LogP contribution in [0.5, 0.6) is 0 Å². The van der Waals surface area contributed by atoms with Crippen molar-refractivity contribution in [1.82, 2.24) is 20.4 Å². The van der Waals surface area contributed by atoms with Crippen LogP contribution in [0.2, 0.25) is 0 Å². The number of hydrogen-bond acceptors (Lipinski definition) is 5. The molecule has 0 spiro atoms. The number of nitrogens with zero attached hydrogens (tertiary/aromatic N) is 3. The number of pyridine rings is 1. The third kappa shape index (κ3) is 2.88. The number of rotatable bonds is 3. The molecule has 1 aromatic carbocycles. The molecule has 2 heterocycles. The molecular formula is C15H11N5O2. The van der Waals surface area contributed by atoms with Gasteiger partial charge < -0.3 is 4.98 Å². The van der Waals surface area contributed by atoms with Crippen molar-refractivity contribution in [3.63, 3.8) is 0 Å². The highest BCUT2D eigenvalue weighted by molar-refractivity contribution is 5.93. The summed E-state index contributed by atoms with van der Waals surface area (Å²) in [6, 6.07) is 10.3. The minimum Gasteiger partial charge on any atom is -0.302 e. The number of hydrazone groups is 1. The zero-order valence-electron chi connectivity index (χ0n) is 11.4. The second-order valence-electron chi connectivity index (χ2n) is 4.42. The Labute approximate surface area is 124 Å². The van der Waals surface area contributed by atoms with Crippen molar-refractivity contribution in [2.45, 2.75) is 0 Å². The lowest BCUT2D eigenvalue weighted by Crippen LogP contribution is -2.24. The van der Waals surface area contributed by atoms with E-state index in [-0.39, 0.29) is 11.4 Å². The van der Waals surface area contributed by atoms with E-state index in [1.54, 1.807) is 48.8 Å². The summed E-state index contributed by atoms with van der Waals surface area (Å²) in [6.45, 7) is 0. The highest BCUT2D eigenvalue weighted by Crippen LogP contribution is 2.05. The summed E-state index contributed by atoms with van der Waals surface area (Å²) < 4.78 is 0. The van der Waals surface area contributed by atoms with E-state index in [2.05, 4.69) is 25.5 Å². The topological polar surface area (TPSA) is 100 Å². The molecule has 7 nitrogen and oxygen atoms in total. The number of fused-ring (bicyclic) bond motifs is 1. The molecule has 0 aliphatic rings. The Hall–Kier alpha value is -3.35. The molecular weight excluding hydrogens is 282 g/mol. The van der Waals surface area contributed by atoms with E-state index < -0.39 is 5.91 Å². The van der Waals surface area contributed by atoms with Crippen molar-refractivity contribution in [2.24, 2.45) is 5.10 Å². The molecule has 108 valence electrons. The molecule has 2 aromatic heterocycles. The van der Waals surface area contributed by atoms with E-state index in [1.165, 1.54) is 6.21 Å². The molecule has 0 aliphatic carbocycles. The van der Waals surface area contributed by atoms with Gasteiger partial charge in [-0.2, -0.15) is 5.10 Å². The van der Waals surface area contributed by atoms with Crippen LogP contribution in [-0.4, -0.2) is 27.1 Å². The van der Waals surface area contributed by atoms with Crippen molar-refractivity contribution in [3.8, 4) is 0 Å². The smallest absolute Gasteiger partial charge is 0.302 e. The van der Waals surface area contributed by atoms with Crippen molar-refractivity contribution < 1.29 is 4.79 Å². The number of hydrogen-bond donors (Lipinski definition) is 2. The first kappa shape index (κ1) is 13.6. The van der Waals surface area contributed by atoms with Crippen LogP contribution in [-0.2, 0) is 0 Å². The van der Waals surface area contributed by atoms with Gasteiger partial charge in [-0.15, -0.1) is 0 Å². The summed E-state index contributed by atoms with van der Waals surface area (Å²) >= 11 is 0. The fourth-order valence-corrected chi connectivity index (χ4v) is 1.86. The first-order valence-electron chi connectivity index (χ1n) is 6.46. The molecule has 0 bridgehead atoms. The molecule has 0 aliphatic heterocycles. The van der Waals surface area contributed by atoms with Crippen LogP contribution in [0.3, 0.4) is 0 Å². The first-order valence-corrected chi connectivity index (χ1v) is 6.46. The quantitative estimate of drug-likeness (QED) is 0.557. The fourth-order valence-electron chi connectivity index (χ4n) is 1.86. The van der Waals surface area contributed by atoms with Crippen LogP contribution in [0.25, 0.3) is 10.9 Å². The lowest BCUT2D eigenvalue weighted by atomic mass is 10.2. The van der Waals surface area contributed by atoms with Gasteiger partial charge >= 0.3 is 5.91 Å². The Balaban J connectivity index is 1.81. The van der Waals surface area contributed by atoms with Crippen LogP contribution in [0.4, 0.5) is 0 Å². The lowest BCUT2D eigenvalue weighted by molar-refractivity contribution is 0.0945. The Bertz CT molecular complexity index is 902. The molecule has 0 atom stereocenters. The van der Waals surface area contributed by atoms with Crippen LogP contribution in [0, 0.1) is 0 Å². The van der Waals surface area contributed by atoms with Crippen LogP contribution >= 0.6 is 0 Å². The maximum absolute atomic E-state index is 12.0. The molecule has 7 heteroatoms. The van der Waals surface area contributed by atoms with Crippen molar-refractivity contribution in [2.75, 3.05) is 0 Å². The number of amides is 1. The Kier molecular flexibility index (Phi) is 3.69. The maximum Gasteiger partial charge on any atom is 0.307 e. The minimum absolute atomic E-state index is 0.0907. The van der Waals surface area contributed by atoms with Gasteiger partial charge in [0.25, 0.3) is 5.56 Å². The van der Waals surface area contributed by atoms with Gasteiger partial charge in [0.2, 0.25) is 5.82 Å². The van der Waals surface area contributed by atoms with Crippen molar-refractivity contribution in [1.29, 1.82) is 0 Å². The number of para-hydroxylation sites is 1. The Morgan fingerprint density at radius 3 is 2.91 bits per heavy atom. The maximum atomic E-state index is 12.0. The first-order chi connectivity index (χ1) is 10.7. The summed E-state index contributed by atoms with van der Waals surface area (Å²) in [4.78, 5) is 34.3. The summed E-state index contributed by atoms with van der Waals surface area (Å²) in [6.07, 6.45) is 4.69. The van der Waals surface area contributed by atoms with E-state index in [0.717, 1.165) is 5.56 Å². The van der Waals surface area contributed by atoms with Crippen molar-refractivity contribution in [3.05, 3.63) is 70.5 Å². The molecule has 0 unspecified atom stereocenters. The van der Waals surface area contributed by atoms with Gasteiger partial charge in [-0.1, -0.05) is 18.2 Å². The fraction of sp³-hybridized carbons (Fsp3) is 0. The second kappa shape index (κ2) is 5.96. The highest BCUT2D eigenvalue weighted by atomic mass is 16.2. The summed E-state index contributed by atoms with van der Waals surface area (Å²) in [5, 5.41) is 4.23. The summed E-state index contributed by atoms with van der Waals surface area (Å²) in [5.41, 5.74) is 3.13. The highest BCUT2D eigenvalue weighted by Gasteiger charge is 2.10. The van der Waals surface area contributed by atoms with Crippen LogP contribution in [0.15, 0.2) is 58.7 Å². The number of aromatic amines is 1. The Morgan fingerprint density at radius 2 is 2.09 bits per heavy atom. The molecule has 0 saturated heterocycles. The number of carbonyl (C=O) groups is 1. The van der Waals surface area contributed by atoms with Gasteiger partial charge in [0, 0.05) is 18.0 Å². The van der Waals surface area contributed by atoms with Crippen LogP contribution < -0.4 is 11.0 Å². The van der Waals surface area contributed by atoms with E-state index in [0.29, 0.717) is 10.9 Å². The molecule has 0 radical (unpaired) electrons. The third-order valence-electron chi connectivity index (χ3n) is 2.89. The molecule has 22 heavy (non-hydrogen) atoms. The second-order valence-corrected chi connectivity index (χ2v) is 4.42. The van der Waals surface area contributed by atoms with Gasteiger partial charge in [-0.3, -0.25) is 14.6 Å². The number of nitrogens with one attached hydrogen (secondary N) is 2. The average molecular weight is 293 g/mol. The van der Waals surface area contributed by atoms with Gasteiger partial charge in [0.15, 0.2) is 0 Å². The third-order valence-corrected chi connectivity index (χ3v) is 2.89. The average Bonchev–Trinajstić information content (AvgIpc) is 2.56. The predicted molar refractivity (Wildman–Crippen MR) is 81.7 cm³/mol. The SMILES string of the molecule is O=C(NN=Cc1cccnc1)c1nc2ccccc2c(=O)[nH]1. The zero-order chi connectivity index (χ0) is 15.4. The normalized spacial score (nSPS) is 10.9. The zero-order valence-corrected chi connectivity index (χ0v) is 11.4. The number of aromatic nitrogens is 3. The van der Waals surface area contributed by atoms with Gasteiger partial charge in [0.1, 0.15) is 0 Å².